The maximum Gasteiger partial charge on any atom is 0.281 e. The second-order valence-corrected chi connectivity index (χ2v) is 12.6. The van der Waals surface area contributed by atoms with E-state index in [9.17, 15) is 4.79 Å². The Morgan fingerprint density at radius 3 is 2.44 bits per heavy atom. The van der Waals surface area contributed by atoms with Gasteiger partial charge in [-0.15, -0.1) is 6.58 Å². The third-order valence-electron chi connectivity index (χ3n) is 9.47. The van der Waals surface area contributed by atoms with Crippen LogP contribution in [0.25, 0.3) is 16.6 Å². The van der Waals surface area contributed by atoms with Gasteiger partial charge in [0.2, 0.25) is 0 Å². The highest BCUT2D eigenvalue weighted by atomic mass is 79.9. The van der Waals surface area contributed by atoms with Crippen molar-refractivity contribution in [3.8, 4) is 5.69 Å². The summed E-state index contributed by atoms with van der Waals surface area (Å²) in [5.41, 5.74) is 4.71. The van der Waals surface area contributed by atoms with E-state index in [-0.39, 0.29) is 11.0 Å². The molecule has 2 saturated carbocycles. The van der Waals surface area contributed by atoms with Crippen LogP contribution in [-0.2, 0) is 5.41 Å². The highest BCUT2D eigenvalue weighted by Gasteiger charge is 2.46. The Morgan fingerprint density at radius 1 is 1.10 bits per heavy atom. The van der Waals surface area contributed by atoms with E-state index in [1.54, 1.807) is 0 Å². The lowest BCUT2D eigenvalue weighted by atomic mass is 9.69. The van der Waals surface area contributed by atoms with E-state index < -0.39 is 0 Å². The maximum absolute atomic E-state index is 13.1. The third-order valence-corrected chi connectivity index (χ3v) is 10.1. The van der Waals surface area contributed by atoms with Crippen LogP contribution in [-0.4, -0.2) is 23.1 Å². The highest BCUT2D eigenvalue weighted by Crippen LogP contribution is 2.52. The summed E-state index contributed by atoms with van der Waals surface area (Å²) in [6, 6.07) is 13.1. The van der Waals surface area contributed by atoms with Crippen LogP contribution in [0.3, 0.4) is 0 Å². The Bertz CT molecular complexity index is 1370. The molecule has 2 aliphatic carbocycles. The van der Waals surface area contributed by atoms with Gasteiger partial charge in [-0.2, -0.15) is 4.98 Å². The van der Waals surface area contributed by atoms with Gasteiger partial charge in [-0.05, 0) is 109 Å². The Hall–Kier alpha value is -2.24. The molecule has 0 saturated heterocycles. The molecule has 41 heavy (non-hydrogen) atoms. The van der Waals surface area contributed by atoms with Crippen molar-refractivity contribution >= 4 is 26.8 Å². The number of nitrogens with zero attached hydrogens (tertiary/aromatic N) is 2. The molecule has 1 unspecified atom stereocenters. The fourth-order valence-electron chi connectivity index (χ4n) is 7.24. The van der Waals surface area contributed by atoms with Gasteiger partial charge >= 0.3 is 0 Å². The number of aromatic nitrogens is 2. The van der Waals surface area contributed by atoms with Crippen molar-refractivity contribution in [2.24, 2.45) is 5.92 Å². The number of hydrogen-bond acceptors (Lipinski definition) is 3. The van der Waals surface area contributed by atoms with Gasteiger partial charge in [0.15, 0.2) is 0 Å². The first kappa shape index (κ1) is 31.7. The molecule has 2 aromatic carbocycles. The quantitative estimate of drug-likeness (QED) is 0.279. The van der Waals surface area contributed by atoms with E-state index >= 15 is 0 Å². The lowest BCUT2D eigenvalue weighted by Crippen LogP contribution is -2.32. The van der Waals surface area contributed by atoms with Crippen LogP contribution in [0.1, 0.15) is 121 Å². The lowest BCUT2D eigenvalue weighted by molar-refractivity contribution is 0.338. The number of halogens is 1. The van der Waals surface area contributed by atoms with Gasteiger partial charge < -0.3 is 5.32 Å². The summed E-state index contributed by atoms with van der Waals surface area (Å²) >= 11 is 3.59. The predicted molar refractivity (Wildman–Crippen MR) is 179 cm³/mol. The summed E-state index contributed by atoms with van der Waals surface area (Å²) in [5, 5.41) is 3.98. The van der Waals surface area contributed by atoms with E-state index in [4.69, 9.17) is 4.98 Å². The minimum atomic E-state index is -0.138. The fraction of sp³-hybridized carbons (Fsp3) is 0.556. The van der Waals surface area contributed by atoms with Crippen LogP contribution < -0.4 is 10.9 Å². The SMILES string of the molecule is C=CC1CCCCC1.CC.CCC(CCNC)c1ccc2c(c1)C1(CCCCC1)c1nc(=O)c3c(Br)cccc3n1-2. The van der Waals surface area contributed by atoms with Crippen molar-refractivity contribution in [1.82, 2.24) is 14.9 Å². The molecule has 1 aliphatic heterocycles. The molecule has 4 nitrogen and oxygen atoms in total. The van der Waals surface area contributed by atoms with Crippen molar-refractivity contribution in [1.29, 1.82) is 0 Å². The molecule has 5 heteroatoms. The first-order valence-electron chi connectivity index (χ1n) is 16.2. The molecule has 1 spiro atoms. The van der Waals surface area contributed by atoms with E-state index in [0.29, 0.717) is 11.3 Å². The summed E-state index contributed by atoms with van der Waals surface area (Å²) in [7, 11) is 2.02. The summed E-state index contributed by atoms with van der Waals surface area (Å²) in [5.74, 6) is 2.35. The molecule has 3 aliphatic rings. The topological polar surface area (TPSA) is 46.9 Å². The van der Waals surface area contributed by atoms with Crippen molar-refractivity contribution in [2.75, 3.05) is 13.6 Å². The van der Waals surface area contributed by atoms with Crippen molar-refractivity contribution in [2.45, 2.75) is 109 Å². The molecular weight excluding hydrogens is 570 g/mol. The molecule has 0 amide bonds. The van der Waals surface area contributed by atoms with E-state index in [1.165, 1.54) is 68.2 Å². The number of benzene rings is 2. The zero-order valence-corrected chi connectivity index (χ0v) is 27.4. The van der Waals surface area contributed by atoms with Gasteiger partial charge in [0, 0.05) is 4.47 Å². The van der Waals surface area contributed by atoms with Crippen molar-refractivity contribution in [3.63, 3.8) is 0 Å². The standard InChI is InChI=1S/C26H30BrN3O.C8H14.C2H6/c1-3-17(12-15-28-2)18-10-11-21-19(16-18)26(13-5-4-6-14-26)25-29-24(31)23-20(27)8-7-9-22(23)30(21)25;1-2-8-6-4-3-5-7-8;1-2/h7-11,16-17,28H,3-6,12-15H2,1-2H3;2,8H,1,3-7H2;1-2H3. The third kappa shape index (κ3) is 6.41. The molecule has 1 atom stereocenters. The van der Waals surface area contributed by atoms with Gasteiger partial charge in [0.05, 0.1) is 22.0 Å². The first-order chi connectivity index (χ1) is 20.0. The molecular formula is C36H50BrN3O. The predicted octanol–water partition coefficient (Wildman–Crippen LogP) is 9.59. The summed E-state index contributed by atoms with van der Waals surface area (Å²) < 4.78 is 3.10. The second-order valence-electron chi connectivity index (χ2n) is 11.8. The Kier molecular flexibility index (Phi) is 11.4. The maximum atomic E-state index is 13.1. The minimum absolute atomic E-state index is 0.118. The van der Waals surface area contributed by atoms with Crippen LogP contribution in [0.2, 0.25) is 0 Å². The van der Waals surface area contributed by atoms with E-state index in [2.05, 4.69) is 69.7 Å². The number of allylic oxidation sites excluding steroid dienone is 1. The van der Waals surface area contributed by atoms with Gasteiger partial charge in [-0.1, -0.05) is 83.6 Å². The molecule has 2 fully saturated rings. The summed E-state index contributed by atoms with van der Waals surface area (Å²) in [4.78, 5) is 17.9. The van der Waals surface area contributed by atoms with Gasteiger partial charge in [-0.3, -0.25) is 9.36 Å². The van der Waals surface area contributed by atoms with Crippen molar-refractivity contribution < 1.29 is 0 Å². The second kappa shape index (κ2) is 14.8. The molecule has 3 aromatic rings. The fourth-order valence-corrected chi connectivity index (χ4v) is 7.77. The largest absolute Gasteiger partial charge is 0.320 e. The van der Waals surface area contributed by atoms with Crippen molar-refractivity contribution in [3.05, 3.63) is 80.8 Å². The van der Waals surface area contributed by atoms with Gasteiger partial charge in [-0.25, -0.2) is 0 Å². The Balaban J connectivity index is 0.000000332. The molecule has 1 aromatic heterocycles. The Morgan fingerprint density at radius 2 is 1.80 bits per heavy atom. The van der Waals surface area contributed by atoms with Gasteiger partial charge in [0.1, 0.15) is 5.82 Å². The van der Waals surface area contributed by atoms with Crippen LogP contribution in [0, 0.1) is 5.92 Å². The van der Waals surface area contributed by atoms with E-state index in [1.807, 2.05) is 33.0 Å². The molecule has 6 rings (SSSR count). The average molecular weight is 621 g/mol. The van der Waals surface area contributed by atoms with Crippen LogP contribution in [0.5, 0.6) is 0 Å². The average Bonchev–Trinajstić information content (AvgIpc) is 3.28. The highest BCUT2D eigenvalue weighted by molar-refractivity contribution is 9.10. The molecule has 222 valence electrons. The van der Waals surface area contributed by atoms with Gasteiger partial charge in [0.25, 0.3) is 5.56 Å². The minimum Gasteiger partial charge on any atom is -0.320 e. The monoisotopic (exact) mass is 619 g/mol. The number of nitrogens with one attached hydrogen (secondary N) is 1. The van der Waals surface area contributed by atoms with Crippen LogP contribution in [0.15, 0.2) is 58.3 Å². The van der Waals surface area contributed by atoms with Crippen LogP contribution in [0.4, 0.5) is 0 Å². The zero-order valence-electron chi connectivity index (χ0n) is 25.8. The summed E-state index contributed by atoms with van der Waals surface area (Å²) in [6.07, 6.45) is 17.2. The number of hydrogen-bond donors (Lipinski definition) is 1. The first-order valence-corrected chi connectivity index (χ1v) is 17.0. The normalized spacial score (nSPS) is 18.0. The number of fused-ring (bicyclic) bond motifs is 7. The van der Waals surface area contributed by atoms with E-state index in [0.717, 1.165) is 54.0 Å². The molecule has 0 radical (unpaired) electrons. The summed E-state index contributed by atoms with van der Waals surface area (Å²) in [6.45, 7) is 11.1. The van der Waals surface area contributed by atoms with Crippen LogP contribution >= 0.6 is 15.9 Å². The zero-order chi connectivity index (χ0) is 29.4. The smallest absolute Gasteiger partial charge is 0.281 e. The lowest BCUT2D eigenvalue weighted by Gasteiger charge is -2.34. The molecule has 1 N–H and O–H groups in total. The molecule has 0 bridgehead atoms. The number of rotatable bonds is 6. The molecule has 2 heterocycles. The Labute approximate surface area is 256 Å².